The maximum Gasteiger partial charge on any atom is 0.323 e. The van der Waals surface area contributed by atoms with Gasteiger partial charge >= 0.3 is 5.97 Å². The monoisotopic (exact) mass is 324 g/mol. The number of para-hydroxylation sites is 1. The molecule has 1 fully saturated rings. The standard InChI is InChI=1S/C19H20N2O3/c22-18(20-16-9-5-2-6-10-16)13-17-19(23)24-12-11-21(17)14-15-7-3-1-4-8-15/h1-10,17H,11-14H2,(H,20,22)/t17-/m1/s1. The number of rotatable bonds is 5. The van der Waals surface area contributed by atoms with E-state index in [1.807, 2.05) is 65.6 Å². The maximum absolute atomic E-state index is 12.3. The first-order valence-corrected chi connectivity index (χ1v) is 8.02. The van der Waals surface area contributed by atoms with E-state index < -0.39 is 6.04 Å². The largest absolute Gasteiger partial charge is 0.463 e. The molecule has 5 nitrogen and oxygen atoms in total. The summed E-state index contributed by atoms with van der Waals surface area (Å²) in [5, 5.41) is 2.82. The Morgan fingerprint density at radius 3 is 2.46 bits per heavy atom. The Hall–Kier alpha value is -2.66. The smallest absolute Gasteiger partial charge is 0.323 e. The summed E-state index contributed by atoms with van der Waals surface area (Å²) in [6.45, 7) is 1.62. The Morgan fingerprint density at radius 1 is 1.08 bits per heavy atom. The van der Waals surface area contributed by atoms with Crippen molar-refractivity contribution < 1.29 is 14.3 Å². The van der Waals surface area contributed by atoms with E-state index >= 15 is 0 Å². The summed E-state index contributed by atoms with van der Waals surface area (Å²) in [6, 6.07) is 18.6. The molecule has 0 unspecified atom stereocenters. The lowest BCUT2D eigenvalue weighted by Crippen LogP contribution is -2.49. The molecule has 1 saturated heterocycles. The van der Waals surface area contributed by atoms with Crippen molar-refractivity contribution in [1.82, 2.24) is 4.90 Å². The molecule has 0 aliphatic carbocycles. The van der Waals surface area contributed by atoms with E-state index in [-0.39, 0.29) is 18.3 Å². The number of carbonyl (C=O) groups excluding carboxylic acids is 2. The van der Waals surface area contributed by atoms with E-state index in [1.165, 1.54) is 0 Å². The number of esters is 1. The zero-order chi connectivity index (χ0) is 16.8. The van der Waals surface area contributed by atoms with E-state index in [9.17, 15) is 9.59 Å². The number of carbonyl (C=O) groups is 2. The summed E-state index contributed by atoms with van der Waals surface area (Å²) in [6.07, 6.45) is 0.0839. The molecule has 24 heavy (non-hydrogen) atoms. The first-order chi connectivity index (χ1) is 11.7. The zero-order valence-electron chi connectivity index (χ0n) is 13.4. The van der Waals surface area contributed by atoms with Crippen molar-refractivity contribution in [3.8, 4) is 0 Å². The molecule has 1 amide bonds. The second-order valence-corrected chi connectivity index (χ2v) is 5.76. The van der Waals surface area contributed by atoms with Gasteiger partial charge in [-0.1, -0.05) is 48.5 Å². The fourth-order valence-corrected chi connectivity index (χ4v) is 2.79. The summed E-state index contributed by atoms with van der Waals surface area (Å²) >= 11 is 0. The van der Waals surface area contributed by atoms with Gasteiger partial charge in [-0.05, 0) is 17.7 Å². The number of cyclic esters (lactones) is 1. The van der Waals surface area contributed by atoms with Crippen LogP contribution in [0.5, 0.6) is 0 Å². The molecule has 1 heterocycles. The van der Waals surface area contributed by atoms with Crippen molar-refractivity contribution in [2.45, 2.75) is 19.0 Å². The number of benzene rings is 2. The van der Waals surface area contributed by atoms with Crippen molar-refractivity contribution in [3.63, 3.8) is 0 Å². The molecule has 1 aliphatic rings. The predicted molar refractivity (Wildman–Crippen MR) is 91.3 cm³/mol. The molecule has 1 N–H and O–H groups in total. The van der Waals surface area contributed by atoms with Crippen LogP contribution < -0.4 is 5.32 Å². The molecule has 0 spiro atoms. The number of nitrogens with zero attached hydrogens (tertiary/aromatic N) is 1. The van der Waals surface area contributed by atoms with Crippen LogP contribution in [0.3, 0.4) is 0 Å². The van der Waals surface area contributed by atoms with Crippen LogP contribution in [0.1, 0.15) is 12.0 Å². The first-order valence-electron chi connectivity index (χ1n) is 8.02. The lowest BCUT2D eigenvalue weighted by atomic mass is 10.1. The van der Waals surface area contributed by atoms with Gasteiger partial charge in [0.05, 0.1) is 6.42 Å². The Kier molecular flexibility index (Phi) is 5.23. The van der Waals surface area contributed by atoms with Gasteiger partial charge in [-0.2, -0.15) is 0 Å². The molecule has 0 saturated carbocycles. The van der Waals surface area contributed by atoms with Gasteiger partial charge in [-0.3, -0.25) is 14.5 Å². The minimum absolute atomic E-state index is 0.0839. The first kappa shape index (κ1) is 16.2. The minimum Gasteiger partial charge on any atom is -0.463 e. The topological polar surface area (TPSA) is 58.6 Å². The third-order valence-electron chi connectivity index (χ3n) is 4.00. The van der Waals surface area contributed by atoms with Crippen molar-refractivity contribution in [1.29, 1.82) is 0 Å². The summed E-state index contributed by atoms with van der Waals surface area (Å²) < 4.78 is 5.15. The Morgan fingerprint density at radius 2 is 1.75 bits per heavy atom. The molecular formula is C19H20N2O3. The van der Waals surface area contributed by atoms with Crippen molar-refractivity contribution in [3.05, 3.63) is 66.2 Å². The average Bonchev–Trinajstić information content (AvgIpc) is 2.60. The van der Waals surface area contributed by atoms with Crippen LogP contribution in [0, 0.1) is 0 Å². The molecule has 124 valence electrons. The molecule has 0 radical (unpaired) electrons. The molecule has 5 heteroatoms. The molecule has 0 bridgehead atoms. The number of hydrogen-bond donors (Lipinski definition) is 1. The highest BCUT2D eigenvalue weighted by Gasteiger charge is 2.33. The van der Waals surface area contributed by atoms with Gasteiger partial charge < -0.3 is 10.1 Å². The van der Waals surface area contributed by atoms with Crippen LogP contribution in [0.15, 0.2) is 60.7 Å². The Labute approximate surface area is 141 Å². The molecule has 1 atom stereocenters. The number of ether oxygens (including phenoxy) is 1. The van der Waals surface area contributed by atoms with E-state index in [4.69, 9.17) is 4.74 Å². The number of anilines is 1. The predicted octanol–water partition coefficient (Wildman–Crippen LogP) is 2.44. The zero-order valence-corrected chi connectivity index (χ0v) is 13.4. The van der Waals surface area contributed by atoms with E-state index in [1.54, 1.807) is 0 Å². The van der Waals surface area contributed by atoms with E-state index in [2.05, 4.69) is 5.32 Å². The van der Waals surface area contributed by atoms with Crippen LogP contribution in [0.2, 0.25) is 0 Å². The molecule has 1 aliphatic heterocycles. The molecule has 3 rings (SSSR count). The third kappa shape index (κ3) is 4.20. The molecule has 2 aromatic carbocycles. The van der Waals surface area contributed by atoms with Gasteiger partial charge in [0, 0.05) is 18.8 Å². The SMILES string of the molecule is O=C(C[C@@H]1C(=O)OCCN1Cc1ccccc1)Nc1ccccc1. The highest BCUT2D eigenvalue weighted by atomic mass is 16.5. The van der Waals surface area contributed by atoms with Gasteiger partial charge in [-0.25, -0.2) is 0 Å². The van der Waals surface area contributed by atoms with Gasteiger partial charge in [0.25, 0.3) is 0 Å². The van der Waals surface area contributed by atoms with Crippen molar-refractivity contribution >= 4 is 17.6 Å². The lowest BCUT2D eigenvalue weighted by Gasteiger charge is -2.33. The summed E-state index contributed by atoms with van der Waals surface area (Å²) in [5.74, 6) is -0.525. The average molecular weight is 324 g/mol. The Balaban J connectivity index is 1.65. The van der Waals surface area contributed by atoms with Gasteiger partial charge in [0.1, 0.15) is 12.6 Å². The molecule has 2 aromatic rings. The van der Waals surface area contributed by atoms with Gasteiger partial charge in [0.2, 0.25) is 5.91 Å². The van der Waals surface area contributed by atoms with Crippen molar-refractivity contribution in [2.75, 3.05) is 18.5 Å². The number of amides is 1. The minimum atomic E-state index is -0.553. The quantitative estimate of drug-likeness (QED) is 0.858. The van der Waals surface area contributed by atoms with E-state index in [0.29, 0.717) is 19.7 Å². The number of morpholine rings is 1. The second-order valence-electron chi connectivity index (χ2n) is 5.76. The maximum atomic E-state index is 12.3. The fourth-order valence-electron chi connectivity index (χ4n) is 2.79. The normalized spacial score (nSPS) is 18.0. The number of nitrogens with one attached hydrogen (secondary N) is 1. The molecule has 0 aromatic heterocycles. The van der Waals surface area contributed by atoms with Crippen LogP contribution >= 0.6 is 0 Å². The lowest BCUT2D eigenvalue weighted by molar-refractivity contribution is -0.159. The second kappa shape index (κ2) is 7.75. The van der Waals surface area contributed by atoms with E-state index in [0.717, 1.165) is 11.3 Å². The Bertz CT molecular complexity index is 688. The number of hydrogen-bond acceptors (Lipinski definition) is 4. The van der Waals surface area contributed by atoms with Gasteiger partial charge in [0.15, 0.2) is 0 Å². The van der Waals surface area contributed by atoms with Crippen LogP contribution in [-0.4, -0.2) is 36.0 Å². The summed E-state index contributed by atoms with van der Waals surface area (Å²) in [4.78, 5) is 26.4. The highest BCUT2D eigenvalue weighted by Crippen LogP contribution is 2.17. The van der Waals surface area contributed by atoms with Crippen molar-refractivity contribution in [2.24, 2.45) is 0 Å². The van der Waals surface area contributed by atoms with Crippen LogP contribution in [-0.2, 0) is 20.9 Å². The molecular weight excluding hydrogens is 304 g/mol. The summed E-state index contributed by atoms with van der Waals surface area (Å²) in [5.41, 5.74) is 1.84. The summed E-state index contributed by atoms with van der Waals surface area (Å²) in [7, 11) is 0. The fraction of sp³-hybridized carbons (Fsp3) is 0.263. The van der Waals surface area contributed by atoms with Gasteiger partial charge in [-0.15, -0.1) is 0 Å². The third-order valence-corrected chi connectivity index (χ3v) is 4.00. The van der Waals surface area contributed by atoms with Crippen LogP contribution in [0.4, 0.5) is 5.69 Å². The van der Waals surface area contributed by atoms with Crippen LogP contribution in [0.25, 0.3) is 0 Å². The highest BCUT2D eigenvalue weighted by molar-refractivity contribution is 5.94.